The second-order valence-electron chi connectivity index (χ2n) is 11.4. The topological polar surface area (TPSA) is 81.1 Å². The molecule has 2 N–H and O–H groups in total. The lowest BCUT2D eigenvalue weighted by molar-refractivity contribution is 0.262. The summed E-state index contributed by atoms with van der Waals surface area (Å²) in [5, 5.41) is 7.97. The zero-order valence-corrected chi connectivity index (χ0v) is 24.2. The van der Waals surface area contributed by atoms with Crippen LogP contribution in [0.15, 0.2) is 104 Å². The SMILES string of the molecule is COc1ccc(C(C)(C)C)cc1NC(=O)Nc1ccc(-c2cnc3ncn(Cc4ccccc4)c3c2)c2ccccc12. The first-order valence-electron chi connectivity index (χ1n) is 13.9. The molecule has 0 atom stereocenters. The molecular weight excluding hydrogens is 522 g/mol. The summed E-state index contributed by atoms with van der Waals surface area (Å²) >= 11 is 0. The number of nitrogens with zero attached hydrogens (tertiary/aromatic N) is 3. The first-order valence-corrected chi connectivity index (χ1v) is 13.9. The molecule has 6 rings (SSSR count). The van der Waals surface area contributed by atoms with E-state index in [0.717, 1.165) is 33.0 Å². The van der Waals surface area contributed by atoms with Crippen molar-refractivity contribution in [2.45, 2.75) is 32.7 Å². The number of rotatable bonds is 6. The molecule has 0 fully saturated rings. The lowest BCUT2D eigenvalue weighted by Crippen LogP contribution is -2.21. The van der Waals surface area contributed by atoms with Crippen molar-refractivity contribution in [3.63, 3.8) is 0 Å². The second kappa shape index (κ2) is 11.0. The highest BCUT2D eigenvalue weighted by atomic mass is 16.5. The number of hydrogen-bond donors (Lipinski definition) is 2. The lowest BCUT2D eigenvalue weighted by atomic mass is 9.87. The highest BCUT2D eigenvalue weighted by molar-refractivity contribution is 6.10. The van der Waals surface area contributed by atoms with Gasteiger partial charge in [-0.05, 0) is 51.8 Å². The van der Waals surface area contributed by atoms with Crippen LogP contribution in [-0.2, 0) is 12.0 Å². The Bertz CT molecular complexity index is 1900. The highest BCUT2D eigenvalue weighted by Crippen LogP contribution is 2.35. The summed E-state index contributed by atoms with van der Waals surface area (Å²) in [5.74, 6) is 0.604. The van der Waals surface area contributed by atoms with Crippen LogP contribution in [0.2, 0.25) is 0 Å². The zero-order valence-electron chi connectivity index (χ0n) is 24.2. The van der Waals surface area contributed by atoms with Crippen LogP contribution in [0.5, 0.6) is 5.75 Å². The van der Waals surface area contributed by atoms with Crippen LogP contribution >= 0.6 is 0 Å². The van der Waals surface area contributed by atoms with Gasteiger partial charge in [0.2, 0.25) is 0 Å². The maximum atomic E-state index is 13.2. The van der Waals surface area contributed by atoms with Gasteiger partial charge < -0.3 is 19.9 Å². The van der Waals surface area contributed by atoms with Crippen LogP contribution in [0, 0.1) is 0 Å². The Kier molecular flexibility index (Phi) is 7.08. The van der Waals surface area contributed by atoms with Crippen LogP contribution in [0.3, 0.4) is 0 Å². The van der Waals surface area contributed by atoms with Crippen LogP contribution in [0.1, 0.15) is 31.9 Å². The Balaban J connectivity index is 1.31. The maximum absolute atomic E-state index is 13.2. The number of carbonyl (C=O) groups excluding carboxylic acids is 1. The van der Waals surface area contributed by atoms with Gasteiger partial charge in [-0.3, -0.25) is 0 Å². The van der Waals surface area contributed by atoms with E-state index < -0.39 is 0 Å². The fourth-order valence-corrected chi connectivity index (χ4v) is 5.20. The summed E-state index contributed by atoms with van der Waals surface area (Å²) in [7, 11) is 1.60. The summed E-state index contributed by atoms with van der Waals surface area (Å²) < 4.78 is 7.63. The first kappa shape index (κ1) is 27.0. The Morgan fingerprint density at radius 3 is 2.33 bits per heavy atom. The molecule has 2 aromatic heterocycles. The molecule has 2 heterocycles. The molecule has 0 saturated carbocycles. The van der Waals surface area contributed by atoms with Gasteiger partial charge in [0.1, 0.15) is 5.75 Å². The number of carbonyl (C=O) groups is 1. The van der Waals surface area contributed by atoms with Crippen molar-refractivity contribution in [2.75, 3.05) is 17.7 Å². The largest absolute Gasteiger partial charge is 0.495 e. The number of aromatic nitrogens is 3. The van der Waals surface area contributed by atoms with Gasteiger partial charge in [0, 0.05) is 23.7 Å². The van der Waals surface area contributed by atoms with Gasteiger partial charge in [0.05, 0.1) is 30.3 Å². The van der Waals surface area contributed by atoms with Gasteiger partial charge in [-0.1, -0.05) is 87.5 Å². The third kappa shape index (κ3) is 5.41. The van der Waals surface area contributed by atoms with Gasteiger partial charge in [-0.25, -0.2) is 14.8 Å². The third-order valence-electron chi connectivity index (χ3n) is 7.47. The minimum Gasteiger partial charge on any atom is -0.495 e. The number of methoxy groups -OCH3 is 1. The Hall–Kier alpha value is -5.17. The smallest absolute Gasteiger partial charge is 0.323 e. The average molecular weight is 556 g/mol. The van der Waals surface area contributed by atoms with Crippen molar-refractivity contribution in [1.82, 2.24) is 14.5 Å². The molecule has 0 saturated heterocycles. The summed E-state index contributed by atoms with van der Waals surface area (Å²) in [6.45, 7) is 7.12. The third-order valence-corrected chi connectivity index (χ3v) is 7.47. The van der Waals surface area contributed by atoms with Gasteiger partial charge in [0.25, 0.3) is 0 Å². The Morgan fingerprint density at radius 1 is 0.833 bits per heavy atom. The quantitative estimate of drug-likeness (QED) is 0.217. The molecule has 42 heavy (non-hydrogen) atoms. The molecule has 0 aliphatic rings. The molecular formula is C35H33N5O2. The van der Waals surface area contributed by atoms with Crippen molar-refractivity contribution in [3.8, 4) is 16.9 Å². The first-order chi connectivity index (χ1) is 20.3. The fourth-order valence-electron chi connectivity index (χ4n) is 5.20. The molecule has 210 valence electrons. The molecule has 0 unspecified atom stereocenters. The van der Waals surface area contributed by atoms with Crippen molar-refractivity contribution >= 4 is 39.3 Å². The minimum atomic E-state index is -0.342. The molecule has 7 nitrogen and oxygen atoms in total. The predicted octanol–water partition coefficient (Wildman–Crippen LogP) is 8.25. The van der Waals surface area contributed by atoms with E-state index in [0.29, 0.717) is 29.3 Å². The number of imidazole rings is 1. The molecule has 0 radical (unpaired) electrons. The number of anilines is 2. The Labute approximate surface area is 245 Å². The second-order valence-corrected chi connectivity index (χ2v) is 11.4. The van der Waals surface area contributed by atoms with Gasteiger partial charge >= 0.3 is 6.03 Å². The Morgan fingerprint density at radius 2 is 1.57 bits per heavy atom. The summed E-state index contributed by atoms with van der Waals surface area (Å²) in [6.07, 6.45) is 3.70. The van der Waals surface area contributed by atoms with Crippen molar-refractivity contribution in [2.24, 2.45) is 0 Å². The normalized spacial score (nSPS) is 11.5. The van der Waals surface area contributed by atoms with Crippen LogP contribution in [0.4, 0.5) is 16.2 Å². The summed E-state index contributed by atoms with van der Waals surface area (Å²) in [5.41, 5.74) is 7.24. The molecule has 7 heteroatoms. The fraction of sp³-hybridized carbons (Fsp3) is 0.171. The lowest BCUT2D eigenvalue weighted by Gasteiger charge is -2.21. The predicted molar refractivity (Wildman–Crippen MR) is 170 cm³/mol. The minimum absolute atomic E-state index is 0.0671. The number of urea groups is 1. The van der Waals surface area contributed by atoms with Crippen molar-refractivity contribution in [3.05, 3.63) is 115 Å². The van der Waals surface area contributed by atoms with Crippen LogP contribution in [-0.4, -0.2) is 27.7 Å². The van der Waals surface area contributed by atoms with E-state index in [2.05, 4.69) is 70.2 Å². The number of nitrogens with one attached hydrogen (secondary N) is 2. The molecule has 2 amide bonds. The summed E-state index contributed by atoms with van der Waals surface area (Å²) in [4.78, 5) is 22.4. The van der Waals surface area contributed by atoms with Gasteiger partial charge in [0.15, 0.2) is 5.65 Å². The zero-order chi connectivity index (χ0) is 29.3. The number of hydrogen-bond acceptors (Lipinski definition) is 4. The number of ether oxygens (including phenoxy) is 1. The molecule has 0 aliphatic heterocycles. The van der Waals surface area contributed by atoms with E-state index in [4.69, 9.17) is 4.74 Å². The molecule has 0 spiro atoms. The maximum Gasteiger partial charge on any atom is 0.323 e. The van der Waals surface area contributed by atoms with Gasteiger partial charge in [-0.15, -0.1) is 0 Å². The molecule has 0 aliphatic carbocycles. The van der Waals surface area contributed by atoms with E-state index >= 15 is 0 Å². The number of amides is 2. The average Bonchev–Trinajstić information content (AvgIpc) is 3.39. The number of benzene rings is 4. The van der Waals surface area contributed by atoms with Crippen molar-refractivity contribution < 1.29 is 9.53 Å². The monoisotopic (exact) mass is 555 g/mol. The number of pyridine rings is 1. The van der Waals surface area contributed by atoms with E-state index in [-0.39, 0.29) is 11.4 Å². The molecule has 0 bridgehead atoms. The standard InChI is InChI=1S/C35H33N5O2/c1-35(2,3)25-14-17-32(42-4)30(19-25)39-34(41)38-29-16-15-26(27-12-8-9-13-28(27)29)24-18-31-33(36-20-24)37-22-40(31)21-23-10-6-5-7-11-23/h5-20,22H,21H2,1-4H3,(H2,38,39,41). The molecule has 6 aromatic rings. The summed E-state index contributed by atoms with van der Waals surface area (Å²) in [6, 6.07) is 30.0. The molecule has 4 aromatic carbocycles. The van der Waals surface area contributed by atoms with E-state index in [1.165, 1.54) is 5.56 Å². The van der Waals surface area contributed by atoms with Crippen LogP contribution in [0.25, 0.3) is 33.1 Å². The number of fused-ring (bicyclic) bond motifs is 2. The van der Waals surface area contributed by atoms with Crippen molar-refractivity contribution in [1.29, 1.82) is 0 Å². The highest BCUT2D eigenvalue weighted by Gasteiger charge is 2.18. The van der Waals surface area contributed by atoms with E-state index in [1.807, 2.05) is 79.3 Å². The van der Waals surface area contributed by atoms with Gasteiger partial charge in [-0.2, -0.15) is 0 Å². The van der Waals surface area contributed by atoms with E-state index in [9.17, 15) is 4.79 Å². The van der Waals surface area contributed by atoms with Crippen LogP contribution < -0.4 is 15.4 Å². The van der Waals surface area contributed by atoms with E-state index in [1.54, 1.807) is 7.11 Å².